The standard InChI is InChI=1S/C44H82NO2/c1-5-7-9-11-13-15-17-19-21-23-25-27-29-31-33-35-37-46-41-43-39-45(3,4)40-44(43)42-47-38-36-34-32-30-28-26-24-22-20-18-16-14-12-10-8-6-2/h13-16,19-22,43-44H,5-12,17-18,23-42H2,1-4H3/q+1/b15-13-,16-14-,21-19-,22-20-/t43-,44?/m0/s1. The number of rotatable bonds is 34. The SMILES string of the molecule is CCCCC/C=C\C/C=C\CCCCCCCCOCC1C[N+](C)(C)C[C@H]1COCCCCCCCC/C=C\C/C=C\CCCCC. The summed E-state index contributed by atoms with van der Waals surface area (Å²) in [7, 11) is 4.75. The van der Waals surface area contributed by atoms with Crippen LogP contribution in [0.3, 0.4) is 0 Å². The molecule has 1 rings (SSSR count). The van der Waals surface area contributed by atoms with Gasteiger partial charge in [-0.05, 0) is 77.0 Å². The Balaban J connectivity index is 1.94. The van der Waals surface area contributed by atoms with Gasteiger partial charge in [0.2, 0.25) is 0 Å². The lowest BCUT2D eigenvalue weighted by atomic mass is 9.98. The predicted molar refractivity (Wildman–Crippen MR) is 209 cm³/mol. The van der Waals surface area contributed by atoms with Gasteiger partial charge in [0.05, 0.1) is 40.4 Å². The molecule has 0 amide bonds. The first-order chi connectivity index (χ1) is 23.1. The van der Waals surface area contributed by atoms with Gasteiger partial charge in [-0.1, -0.05) is 140 Å². The van der Waals surface area contributed by atoms with E-state index in [0.29, 0.717) is 11.8 Å². The fourth-order valence-electron chi connectivity index (χ4n) is 6.87. The van der Waals surface area contributed by atoms with Gasteiger partial charge in [0.1, 0.15) is 0 Å². The Hall–Kier alpha value is -1.16. The highest BCUT2D eigenvalue weighted by Crippen LogP contribution is 2.28. The van der Waals surface area contributed by atoms with Crippen molar-refractivity contribution in [3.63, 3.8) is 0 Å². The monoisotopic (exact) mass is 657 g/mol. The van der Waals surface area contributed by atoms with Crippen LogP contribution in [0.1, 0.15) is 168 Å². The maximum absolute atomic E-state index is 6.21. The van der Waals surface area contributed by atoms with Crippen LogP contribution in [-0.2, 0) is 9.47 Å². The van der Waals surface area contributed by atoms with Gasteiger partial charge in [0.25, 0.3) is 0 Å². The van der Waals surface area contributed by atoms with Crippen LogP contribution in [0.5, 0.6) is 0 Å². The quantitative estimate of drug-likeness (QED) is 0.0390. The molecule has 0 bridgehead atoms. The third-order valence-electron chi connectivity index (χ3n) is 9.77. The third-order valence-corrected chi connectivity index (χ3v) is 9.77. The topological polar surface area (TPSA) is 18.5 Å². The van der Waals surface area contributed by atoms with Crippen molar-refractivity contribution in [1.29, 1.82) is 0 Å². The highest BCUT2D eigenvalue weighted by atomic mass is 16.5. The van der Waals surface area contributed by atoms with E-state index in [1.807, 2.05) is 0 Å². The average Bonchev–Trinajstić information content (AvgIpc) is 3.36. The van der Waals surface area contributed by atoms with Crippen LogP contribution in [0.4, 0.5) is 0 Å². The Morgan fingerprint density at radius 3 is 1.11 bits per heavy atom. The highest BCUT2D eigenvalue weighted by Gasteiger charge is 2.40. The minimum absolute atomic E-state index is 0.644. The summed E-state index contributed by atoms with van der Waals surface area (Å²) in [4.78, 5) is 0. The normalized spacial score (nSPS) is 18.3. The molecule has 3 heteroatoms. The van der Waals surface area contributed by atoms with Crippen LogP contribution in [0.25, 0.3) is 0 Å². The molecular weight excluding hydrogens is 574 g/mol. The first-order valence-corrected chi connectivity index (χ1v) is 20.7. The summed E-state index contributed by atoms with van der Waals surface area (Å²) in [6, 6.07) is 0. The molecule has 274 valence electrons. The van der Waals surface area contributed by atoms with Crippen molar-refractivity contribution in [2.75, 3.05) is 53.6 Å². The summed E-state index contributed by atoms with van der Waals surface area (Å²) in [5, 5.41) is 0. The van der Waals surface area contributed by atoms with Gasteiger partial charge < -0.3 is 14.0 Å². The summed E-state index contributed by atoms with van der Waals surface area (Å²) >= 11 is 0. The van der Waals surface area contributed by atoms with Gasteiger partial charge in [0.15, 0.2) is 0 Å². The molecule has 0 saturated carbocycles. The van der Waals surface area contributed by atoms with Gasteiger partial charge in [-0.15, -0.1) is 0 Å². The fourth-order valence-corrected chi connectivity index (χ4v) is 6.87. The van der Waals surface area contributed by atoms with Crippen molar-refractivity contribution in [1.82, 2.24) is 0 Å². The highest BCUT2D eigenvalue weighted by molar-refractivity contribution is 4.93. The summed E-state index contributed by atoms with van der Waals surface area (Å²) in [5.41, 5.74) is 0. The number of hydrogen-bond acceptors (Lipinski definition) is 2. The first-order valence-electron chi connectivity index (χ1n) is 20.7. The van der Waals surface area contributed by atoms with Gasteiger partial charge >= 0.3 is 0 Å². The number of hydrogen-bond donors (Lipinski definition) is 0. The van der Waals surface area contributed by atoms with E-state index in [9.17, 15) is 0 Å². The Kier molecular flexibility index (Phi) is 31.1. The summed E-state index contributed by atoms with van der Waals surface area (Å²) in [6.07, 6.45) is 49.9. The molecule has 47 heavy (non-hydrogen) atoms. The van der Waals surface area contributed by atoms with Crippen molar-refractivity contribution in [3.05, 3.63) is 48.6 Å². The van der Waals surface area contributed by atoms with Crippen molar-refractivity contribution in [3.8, 4) is 0 Å². The van der Waals surface area contributed by atoms with Crippen molar-refractivity contribution >= 4 is 0 Å². The molecule has 0 aromatic heterocycles. The molecule has 0 spiro atoms. The number of allylic oxidation sites excluding steroid dienone is 8. The molecule has 1 aliphatic heterocycles. The first kappa shape index (κ1) is 43.9. The second-order valence-electron chi connectivity index (χ2n) is 15.1. The Labute approximate surface area is 295 Å². The van der Waals surface area contributed by atoms with Gasteiger partial charge in [-0.2, -0.15) is 0 Å². The molecule has 3 nitrogen and oxygen atoms in total. The van der Waals surface area contributed by atoms with Crippen LogP contribution in [-0.4, -0.2) is 58.1 Å². The molecule has 1 heterocycles. The minimum atomic E-state index is 0.644. The Bertz CT molecular complexity index is 705. The number of quaternary nitrogens is 1. The van der Waals surface area contributed by atoms with E-state index in [1.165, 1.54) is 154 Å². The maximum Gasteiger partial charge on any atom is 0.0839 e. The van der Waals surface area contributed by atoms with Gasteiger partial charge in [0, 0.05) is 25.0 Å². The summed E-state index contributed by atoms with van der Waals surface area (Å²) in [6.45, 7) is 10.7. The van der Waals surface area contributed by atoms with E-state index < -0.39 is 0 Å². The van der Waals surface area contributed by atoms with Gasteiger partial charge in [-0.3, -0.25) is 0 Å². The molecule has 2 atom stereocenters. The van der Waals surface area contributed by atoms with Gasteiger partial charge in [-0.25, -0.2) is 0 Å². The zero-order chi connectivity index (χ0) is 33.9. The molecule has 0 radical (unpaired) electrons. The lowest BCUT2D eigenvalue weighted by molar-refractivity contribution is -0.880. The second kappa shape index (κ2) is 33.3. The van der Waals surface area contributed by atoms with E-state index in [1.54, 1.807) is 0 Å². The number of likely N-dealkylation sites (tertiary alicyclic amines) is 1. The smallest absolute Gasteiger partial charge is 0.0839 e. The lowest BCUT2D eigenvalue weighted by Crippen LogP contribution is -2.37. The average molecular weight is 657 g/mol. The molecule has 1 fully saturated rings. The molecule has 0 aliphatic carbocycles. The van der Waals surface area contributed by atoms with E-state index in [-0.39, 0.29) is 0 Å². The fraction of sp³-hybridized carbons (Fsp3) is 0.818. The largest absolute Gasteiger partial charge is 0.381 e. The van der Waals surface area contributed by atoms with Crippen LogP contribution >= 0.6 is 0 Å². The Morgan fingerprint density at radius 2 is 0.745 bits per heavy atom. The molecular formula is C44H82NO2+. The predicted octanol–water partition coefficient (Wildman–Crippen LogP) is 13.0. The Morgan fingerprint density at radius 1 is 0.426 bits per heavy atom. The lowest BCUT2D eigenvalue weighted by Gasteiger charge is -2.23. The third kappa shape index (κ3) is 29.5. The van der Waals surface area contributed by atoms with Crippen molar-refractivity contribution < 1.29 is 14.0 Å². The maximum atomic E-state index is 6.21. The summed E-state index contributed by atoms with van der Waals surface area (Å²) < 4.78 is 13.5. The van der Waals surface area contributed by atoms with Crippen LogP contribution < -0.4 is 0 Å². The van der Waals surface area contributed by atoms with E-state index in [4.69, 9.17) is 9.47 Å². The molecule has 0 aromatic carbocycles. The number of unbranched alkanes of at least 4 members (excludes halogenated alkanes) is 18. The minimum Gasteiger partial charge on any atom is -0.381 e. The summed E-state index contributed by atoms with van der Waals surface area (Å²) in [5.74, 6) is 1.29. The molecule has 1 aliphatic rings. The molecule has 0 aromatic rings. The zero-order valence-corrected chi connectivity index (χ0v) is 32.3. The molecule has 1 unspecified atom stereocenters. The van der Waals surface area contributed by atoms with Crippen molar-refractivity contribution in [2.45, 2.75) is 168 Å². The van der Waals surface area contributed by atoms with Crippen LogP contribution in [0, 0.1) is 11.8 Å². The molecule has 1 saturated heterocycles. The van der Waals surface area contributed by atoms with Crippen molar-refractivity contribution in [2.24, 2.45) is 11.8 Å². The van der Waals surface area contributed by atoms with E-state index >= 15 is 0 Å². The zero-order valence-electron chi connectivity index (χ0n) is 32.3. The second-order valence-corrected chi connectivity index (χ2v) is 15.1. The molecule has 0 N–H and O–H groups in total. The number of nitrogens with zero attached hydrogens (tertiary/aromatic N) is 1. The van der Waals surface area contributed by atoms with E-state index in [2.05, 4.69) is 76.6 Å². The van der Waals surface area contributed by atoms with E-state index in [0.717, 1.165) is 43.8 Å². The number of ether oxygens (including phenoxy) is 2. The van der Waals surface area contributed by atoms with Crippen LogP contribution in [0.2, 0.25) is 0 Å². The van der Waals surface area contributed by atoms with Crippen LogP contribution in [0.15, 0.2) is 48.6 Å².